The zero-order chi connectivity index (χ0) is 12.4. The van der Waals surface area contributed by atoms with Crippen LogP contribution in [0, 0.1) is 0 Å². The molecule has 0 aromatic heterocycles. The van der Waals surface area contributed by atoms with Gasteiger partial charge in [-0.3, -0.25) is 0 Å². The summed E-state index contributed by atoms with van der Waals surface area (Å²) in [6.45, 7) is 2.91. The molecule has 0 amide bonds. The zero-order valence-corrected chi connectivity index (χ0v) is 15.2. The summed E-state index contributed by atoms with van der Waals surface area (Å²) in [4.78, 5) is 10.6. The van der Waals surface area contributed by atoms with E-state index in [1.54, 1.807) is 6.92 Å². The molecule has 2 nitrogen and oxygen atoms in total. The molecule has 0 spiro atoms. The second kappa shape index (κ2) is 10.8. The molecule has 1 rings (SSSR count). The van der Waals surface area contributed by atoms with Gasteiger partial charge < -0.3 is 10.1 Å². The quantitative estimate of drug-likeness (QED) is 0.385. The van der Waals surface area contributed by atoms with Gasteiger partial charge in [0, 0.05) is 4.47 Å². The van der Waals surface area contributed by atoms with E-state index >= 15 is 0 Å². The van der Waals surface area contributed by atoms with Gasteiger partial charge in [0.1, 0.15) is 5.78 Å². The Bertz CT molecular complexity index is 323. The van der Waals surface area contributed by atoms with Crippen LogP contribution in [0.2, 0.25) is 0 Å². The Labute approximate surface area is 126 Å². The van der Waals surface area contributed by atoms with Gasteiger partial charge in [0.05, 0.1) is 0 Å². The first-order valence-corrected chi connectivity index (χ1v) is 12.7. The third-order valence-electron chi connectivity index (χ3n) is 1.81. The van der Waals surface area contributed by atoms with Crippen molar-refractivity contribution in [2.75, 3.05) is 6.54 Å². The van der Waals surface area contributed by atoms with E-state index in [1.807, 2.05) is 39.3 Å². The molecule has 1 aromatic rings. The molecule has 0 saturated carbocycles. The minimum atomic E-state index is 0.197. The SMILES string of the molecule is CC(=O)CC[N-]Cc1cccc(Br)c1.[I][Os]. The van der Waals surface area contributed by atoms with Gasteiger partial charge >= 0.3 is 34.7 Å². The van der Waals surface area contributed by atoms with Crippen LogP contribution < -0.4 is 0 Å². The Balaban J connectivity index is 0.00000106. The molecule has 91 valence electrons. The Morgan fingerprint density at radius 3 is 2.75 bits per heavy atom. The summed E-state index contributed by atoms with van der Waals surface area (Å²) in [6.07, 6.45) is 0.550. The van der Waals surface area contributed by atoms with Crippen LogP contribution in [-0.4, -0.2) is 12.3 Å². The summed E-state index contributed by atoms with van der Waals surface area (Å²) in [5.41, 5.74) is 1.17. The molecular weight excluding hydrogens is 559 g/mol. The van der Waals surface area contributed by atoms with Crippen LogP contribution in [0.15, 0.2) is 28.7 Å². The molecule has 5 heteroatoms. The predicted octanol–water partition coefficient (Wildman–Crippen LogP) is 4.19. The first-order valence-electron chi connectivity index (χ1n) is 4.69. The molecule has 0 heterocycles. The number of hydrogen-bond acceptors (Lipinski definition) is 1. The van der Waals surface area contributed by atoms with Crippen molar-refractivity contribution in [2.45, 2.75) is 19.9 Å². The molecule has 0 bridgehead atoms. The topological polar surface area (TPSA) is 31.2 Å². The number of carbonyl (C=O) groups is 1. The monoisotopic (exact) mass is 573 g/mol. The molecule has 0 fully saturated rings. The normalized spacial score (nSPS) is 9.25. The standard InChI is InChI=1S/C11H13BrNO.HI.Os/c1-9(14)5-6-13-8-10-3-2-4-11(12)7-10;;/h2-4,7H,5-6,8H2,1H3;1H;/q-1;;+1/p-1. The van der Waals surface area contributed by atoms with Gasteiger partial charge in [-0.25, -0.2) is 0 Å². The van der Waals surface area contributed by atoms with E-state index in [1.165, 1.54) is 5.56 Å². The van der Waals surface area contributed by atoms with Crippen LogP contribution in [0.5, 0.6) is 0 Å². The molecule has 0 aliphatic heterocycles. The van der Waals surface area contributed by atoms with Crippen LogP contribution in [0.1, 0.15) is 18.9 Å². The number of ketones is 1. The van der Waals surface area contributed by atoms with Crippen molar-refractivity contribution >= 4 is 41.4 Å². The van der Waals surface area contributed by atoms with Crippen LogP contribution in [0.4, 0.5) is 0 Å². The Kier molecular flexibility index (Phi) is 11.3. The fourth-order valence-electron chi connectivity index (χ4n) is 1.08. The second-order valence-corrected chi connectivity index (χ2v) is 4.10. The number of carbonyl (C=O) groups excluding carboxylic acids is 1. The molecule has 0 unspecified atom stereocenters. The number of halogens is 2. The van der Waals surface area contributed by atoms with Crippen molar-refractivity contribution in [1.82, 2.24) is 0 Å². The first-order chi connectivity index (χ1) is 7.68. The molecule has 0 saturated heterocycles. The van der Waals surface area contributed by atoms with Gasteiger partial charge in [-0.05, 0) is 25.5 Å². The minimum absolute atomic E-state index is 0.197. The summed E-state index contributed by atoms with van der Waals surface area (Å²) in [6, 6.07) is 8.04. The van der Waals surface area contributed by atoms with E-state index in [9.17, 15) is 4.79 Å². The second-order valence-electron chi connectivity index (χ2n) is 3.19. The molecule has 0 atom stereocenters. The third-order valence-corrected chi connectivity index (χ3v) is 2.30. The van der Waals surface area contributed by atoms with E-state index in [2.05, 4.69) is 40.9 Å². The van der Waals surface area contributed by atoms with Crippen LogP contribution in [0.3, 0.4) is 0 Å². The summed E-state index contributed by atoms with van der Waals surface area (Å²) >= 11 is 7.41. The van der Waals surface area contributed by atoms with E-state index in [0.29, 0.717) is 19.5 Å². The summed E-state index contributed by atoms with van der Waals surface area (Å²) in [5, 5.41) is 4.28. The van der Waals surface area contributed by atoms with Gasteiger partial charge in [0.15, 0.2) is 0 Å². The first kappa shape index (κ1) is 16.7. The molecule has 16 heavy (non-hydrogen) atoms. The Morgan fingerprint density at radius 1 is 1.50 bits per heavy atom. The van der Waals surface area contributed by atoms with Crippen molar-refractivity contribution in [3.8, 4) is 0 Å². The van der Waals surface area contributed by atoms with Crippen LogP contribution >= 0.6 is 35.6 Å². The molecule has 0 radical (unpaired) electrons. The maximum absolute atomic E-state index is 10.6. The summed E-state index contributed by atoms with van der Waals surface area (Å²) < 4.78 is 1.07. The van der Waals surface area contributed by atoms with E-state index < -0.39 is 0 Å². The van der Waals surface area contributed by atoms with Crippen molar-refractivity contribution in [2.24, 2.45) is 0 Å². The van der Waals surface area contributed by atoms with E-state index in [0.717, 1.165) is 4.47 Å². The molecule has 0 N–H and O–H groups in total. The molecule has 1 aromatic carbocycles. The molecule has 0 aliphatic carbocycles. The number of rotatable bonds is 5. The van der Waals surface area contributed by atoms with Gasteiger partial charge in [0.2, 0.25) is 0 Å². The van der Waals surface area contributed by atoms with E-state index in [4.69, 9.17) is 0 Å². The Morgan fingerprint density at radius 2 is 2.19 bits per heavy atom. The predicted molar refractivity (Wildman–Crippen MR) is 75.4 cm³/mol. The van der Waals surface area contributed by atoms with Gasteiger partial charge in [0.25, 0.3) is 0 Å². The maximum atomic E-state index is 10.6. The summed E-state index contributed by atoms with van der Waals surface area (Å²) in [5.74, 6) is 0.197. The van der Waals surface area contributed by atoms with Gasteiger partial charge in [-0.15, -0.1) is 13.1 Å². The van der Waals surface area contributed by atoms with Crippen LogP contribution in [-0.2, 0) is 26.4 Å². The van der Waals surface area contributed by atoms with E-state index in [-0.39, 0.29) is 5.78 Å². The fourth-order valence-corrected chi connectivity index (χ4v) is 1.53. The summed E-state index contributed by atoms with van der Waals surface area (Å²) in [7, 11) is 0. The van der Waals surface area contributed by atoms with Gasteiger partial charge in [-0.2, -0.15) is 0 Å². The molecular formula is C11H13BrINOOs-. The number of benzene rings is 1. The molecule has 0 aliphatic rings. The average molecular weight is 572 g/mol. The van der Waals surface area contributed by atoms with Gasteiger partial charge in [-0.1, -0.05) is 33.6 Å². The van der Waals surface area contributed by atoms with Crippen molar-refractivity contribution < 1.29 is 19.8 Å². The van der Waals surface area contributed by atoms with Crippen molar-refractivity contribution in [3.63, 3.8) is 0 Å². The fraction of sp³-hybridized carbons (Fsp3) is 0.364. The zero-order valence-electron chi connectivity index (χ0n) is 8.90. The third kappa shape index (κ3) is 8.80. The van der Waals surface area contributed by atoms with Crippen molar-refractivity contribution in [3.05, 3.63) is 39.6 Å². The van der Waals surface area contributed by atoms with Crippen LogP contribution in [0.25, 0.3) is 5.32 Å². The number of Topliss-reactive ketones (excluding diaryl/α,β-unsaturated/α-hetero) is 1. The number of nitrogens with zero attached hydrogens (tertiary/aromatic N) is 1. The average Bonchev–Trinajstić information content (AvgIpc) is 2.27. The van der Waals surface area contributed by atoms with Crippen molar-refractivity contribution in [1.29, 1.82) is 0 Å². The number of hydrogen-bond donors (Lipinski definition) is 0. The Hall–Kier alpha value is 0.696.